The third-order valence-corrected chi connectivity index (χ3v) is 16.3. The molecular weight excluding hydrogens is 955 g/mol. The number of Topliss-reactive ketones (excluding diaryl/α,β-unsaturated/α-hetero) is 3. The van der Waals surface area contributed by atoms with E-state index in [-0.39, 0.29) is 42.8 Å². The highest BCUT2D eigenvalue weighted by Gasteiger charge is 2.53. The fraction of sp³-hybridized carbons (Fsp3) is 0.754. The highest BCUT2D eigenvalue weighted by molar-refractivity contribution is 6.39. The Bertz CT molecular complexity index is 2030. The number of aliphatic hydroxyl groups is 4. The molecule has 4 aliphatic rings. The van der Waals surface area contributed by atoms with Gasteiger partial charge in [0, 0.05) is 58.5 Å². The molecule has 0 unspecified atom stereocenters. The highest BCUT2D eigenvalue weighted by atomic mass is 16.6. The minimum absolute atomic E-state index is 0.0389. The Kier molecular flexibility index (Phi) is 24.5. The maximum absolute atomic E-state index is 14.6. The van der Waals surface area contributed by atoms with Crippen LogP contribution in [-0.2, 0) is 57.2 Å². The second kappa shape index (κ2) is 29.0. The van der Waals surface area contributed by atoms with Crippen molar-refractivity contribution in [2.45, 2.75) is 193 Å². The molecule has 0 aromatic heterocycles. The summed E-state index contributed by atoms with van der Waals surface area (Å²) in [6.07, 6.45) is 10.7. The van der Waals surface area contributed by atoms with Crippen LogP contribution in [0.15, 0.2) is 47.6 Å². The molecule has 1 aliphatic carbocycles. The van der Waals surface area contributed by atoms with E-state index < -0.39 is 120 Å². The maximum atomic E-state index is 14.6. The van der Waals surface area contributed by atoms with Gasteiger partial charge in [-0.05, 0) is 120 Å². The first-order valence-electron chi connectivity index (χ1n) is 26.9. The van der Waals surface area contributed by atoms with E-state index in [1.807, 2.05) is 58.1 Å². The van der Waals surface area contributed by atoms with Gasteiger partial charge < -0.3 is 53.7 Å². The van der Waals surface area contributed by atoms with E-state index >= 15 is 0 Å². The van der Waals surface area contributed by atoms with E-state index in [9.17, 15) is 49.2 Å². The lowest BCUT2D eigenvalue weighted by atomic mass is 9.78. The van der Waals surface area contributed by atoms with Gasteiger partial charge in [0.25, 0.3) is 11.7 Å². The van der Waals surface area contributed by atoms with Crippen molar-refractivity contribution in [2.75, 3.05) is 41.1 Å². The molecule has 3 aliphatic heterocycles. The molecular formula is C57H89NO16. The first kappa shape index (κ1) is 62.6. The quantitative estimate of drug-likeness (QED) is 0.104. The van der Waals surface area contributed by atoms with Gasteiger partial charge in [-0.3, -0.25) is 24.0 Å². The molecule has 17 heteroatoms. The normalized spacial score (nSPS) is 36.0. The summed E-state index contributed by atoms with van der Waals surface area (Å²) < 4.78 is 35.5. The first-order valence-corrected chi connectivity index (χ1v) is 26.9. The first-order chi connectivity index (χ1) is 35.0. The zero-order valence-electron chi connectivity index (χ0n) is 46.0. The van der Waals surface area contributed by atoms with Crippen molar-refractivity contribution in [3.63, 3.8) is 0 Å². The summed E-state index contributed by atoms with van der Waals surface area (Å²) >= 11 is 0. The number of ketones is 3. The van der Waals surface area contributed by atoms with E-state index in [4.69, 9.17) is 28.4 Å². The number of methoxy groups -OCH3 is 3. The number of fused-ring (bicyclic) bond motifs is 3. The number of aliphatic hydroxyl groups excluding tert-OH is 3. The molecule has 15 atom stereocenters. The summed E-state index contributed by atoms with van der Waals surface area (Å²) in [5.74, 6) is -9.30. The van der Waals surface area contributed by atoms with Crippen molar-refractivity contribution in [3.8, 4) is 0 Å². The predicted molar refractivity (Wildman–Crippen MR) is 276 cm³/mol. The van der Waals surface area contributed by atoms with Crippen LogP contribution in [0.3, 0.4) is 0 Å². The van der Waals surface area contributed by atoms with Crippen molar-refractivity contribution >= 4 is 35.2 Å². The molecule has 4 rings (SSSR count). The molecule has 3 heterocycles. The molecule has 4 N–H and O–H groups in total. The molecule has 1 saturated carbocycles. The predicted octanol–water partition coefficient (Wildman–Crippen LogP) is 6.11. The lowest BCUT2D eigenvalue weighted by Gasteiger charge is -2.42. The summed E-state index contributed by atoms with van der Waals surface area (Å²) in [6, 6.07) is -1.20. The van der Waals surface area contributed by atoms with Crippen LogP contribution in [-0.4, -0.2) is 156 Å². The van der Waals surface area contributed by atoms with Crippen molar-refractivity contribution in [3.05, 3.63) is 47.6 Å². The monoisotopic (exact) mass is 1040 g/mol. The summed E-state index contributed by atoms with van der Waals surface area (Å²) in [5, 5.41) is 43.2. The van der Waals surface area contributed by atoms with E-state index in [0.717, 1.165) is 16.9 Å². The van der Waals surface area contributed by atoms with E-state index in [1.54, 1.807) is 34.0 Å². The third kappa shape index (κ3) is 16.1. The minimum atomic E-state index is -2.47. The van der Waals surface area contributed by atoms with Gasteiger partial charge in [0.2, 0.25) is 5.79 Å². The molecule has 2 saturated heterocycles. The van der Waals surface area contributed by atoms with E-state index in [2.05, 4.69) is 0 Å². The number of carbonyl (C=O) groups excluding carboxylic acids is 6. The molecule has 3 fully saturated rings. The number of cyclic esters (lactones) is 1. The second-order valence-electron chi connectivity index (χ2n) is 22.0. The average molecular weight is 1040 g/mol. The Morgan fingerprint density at radius 1 is 0.878 bits per heavy atom. The van der Waals surface area contributed by atoms with Gasteiger partial charge in [0.15, 0.2) is 5.78 Å². The third-order valence-electron chi connectivity index (χ3n) is 16.3. The topological polar surface area (TPSA) is 242 Å². The number of nitrogens with zero attached hydrogens (tertiary/aromatic N) is 1. The molecule has 418 valence electrons. The number of hydrogen-bond donors (Lipinski definition) is 4. The largest absolute Gasteiger partial charge is 0.460 e. The van der Waals surface area contributed by atoms with Gasteiger partial charge in [-0.1, -0.05) is 71.1 Å². The number of esters is 2. The van der Waals surface area contributed by atoms with Gasteiger partial charge in [0.05, 0.1) is 31.5 Å². The van der Waals surface area contributed by atoms with Crippen LogP contribution in [0, 0.1) is 40.9 Å². The number of rotatable bonds is 11. The fourth-order valence-corrected chi connectivity index (χ4v) is 10.9. The highest BCUT2D eigenvalue weighted by Crippen LogP contribution is 2.38. The van der Waals surface area contributed by atoms with Gasteiger partial charge in [-0.25, -0.2) is 4.79 Å². The zero-order chi connectivity index (χ0) is 55.1. The molecule has 0 aromatic rings. The number of carbonyl (C=O) groups is 6. The Morgan fingerprint density at radius 2 is 1.58 bits per heavy atom. The van der Waals surface area contributed by atoms with Crippen molar-refractivity contribution < 1.29 is 77.6 Å². The summed E-state index contributed by atoms with van der Waals surface area (Å²) in [5.41, 5.74) is -0.270. The molecule has 0 aromatic carbocycles. The SMILES string of the molecule is CC[C@@H]1/C=C\C=CC=C(C)[C@@H](OC)C[C@@H]2CC[C@@H](C)[C@@](O)(O2)C(=O)C(=O)N2CCCC[C@H]2C(=O)O[C@H]([C@H](C)C[C@@H]2CC[C@@H](OC(=O)C(C)(CO)CO)[C@H](OC)C2)CC(=O)[C@H](C)/C=C(/C)[C@@H](O)[C@@H](OC)C(=O)[C@H](C)C1. The van der Waals surface area contributed by atoms with E-state index in [0.29, 0.717) is 69.8 Å². The summed E-state index contributed by atoms with van der Waals surface area (Å²) in [7, 11) is 4.44. The van der Waals surface area contributed by atoms with Gasteiger partial charge in [-0.2, -0.15) is 0 Å². The fourth-order valence-electron chi connectivity index (χ4n) is 10.9. The molecule has 74 heavy (non-hydrogen) atoms. The van der Waals surface area contributed by atoms with Crippen LogP contribution < -0.4 is 0 Å². The van der Waals surface area contributed by atoms with Gasteiger partial charge in [-0.15, -0.1) is 0 Å². The van der Waals surface area contributed by atoms with Crippen LogP contribution in [0.4, 0.5) is 0 Å². The standard InChI is InChI=1S/C57H89NO16/c1-12-40-19-15-13-14-18-34(2)46(69-9)30-42-23-21-39(7)57(68,74-42)52(64)53(65)58-25-17-16-20-43(58)54(66)72-47(31-44(61)35(3)26-37(5)49(62)51(71-11)50(63)38(6)28-40)36(4)27-41-22-24-45(48(29-41)70-10)73-55(67)56(8,32-59)33-60/h13-15,18-19,26,35-36,38-43,45-49,51,59-60,62,68H,12,16-17,20-25,27-33H2,1-11H3/b14-13?,19-15-,34-18?,37-26-/t35-,36-,38-,39-,40-,41+,42+,43+,45-,46+,47+,48-,49-,51-,57-/m1/s1. The average Bonchev–Trinajstić information content (AvgIpc) is 3.39. The second-order valence-corrected chi connectivity index (χ2v) is 22.0. The molecule has 2 bridgehead atoms. The number of piperidine rings is 1. The number of ether oxygens (including phenoxy) is 6. The van der Waals surface area contributed by atoms with E-state index in [1.165, 1.54) is 21.1 Å². The minimum Gasteiger partial charge on any atom is -0.460 e. The van der Waals surface area contributed by atoms with Crippen LogP contribution in [0.1, 0.15) is 139 Å². The van der Waals surface area contributed by atoms with Crippen molar-refractivity contribution in [2.24, 2.45) is 40.9 Å². The number of amides is 1. The Morgan fingerprint density at radius 3 is 2.22 bits per heavy atom. The van der Waals surface area contributed by atoms with Crippen LogP contribution in [0.2, 0.25) is 0 Å². The summed E-state index contributed by atoms with van der Waals surface area (Å²) in [6.45, 7) is 12.8. The van der Waals surface area contributed by atoms with Gasteiger partial charge in [0.1, 0.15) is 41.7 Å². The smallest absolute Gasteiger partial charge is 0.329 e. The lowest BCUT2D eigenvalue weighted by Crippen LogP contribution is -2.61. The van der Waals surface area contributed by atoms with Crippen molar-refractivity contribution in [1.29, 1.82) is 0 Å². The van der Waals surface area contributed by atoms with Crippen LogP contribution in [0.5, 0.6) is 0 Å². The molecule has 17 nitrogen and oxygen atoms in total. The Balaban J connectivity index is 1.70. The molecule has 0 spiro atoms. The summed E-state index contributed by atoms with van der Waals surface area (Å²) in [4.78, 5) is 85.6. The van der Waals surface area contributed by atoms with Crippen molar-refractivity contribution in [1.82, 2.24) is 4.90 Å². The molecule has 1 amide bonds. The Hall–Kier alpha value is -3.94. The lowest BCUT2D eigenvalue weighted by molar-refractivity contribution is -0.265. The van der Waals surface area contributed by atoms with Crippen LogP contribution in [0.25, 0.3) is 0 Å². The number of hydrogen-bond acceptors (Lipinski definition) is 16. The maximum Gasteiger partial charge on any atom is 0.329 e. The zero-order valence-corrected chi connectivity index (χ0v) is 46.0. The number of allylic oxidation sites excluding steroid dienone is 6. The van der Waals surface area contributed by atoms with Crippen LogP contribution >= 0.6 is 0 Å². The molecule has 0 radical (unpaired) electrons. The van der Waals surface area contributed by atoms with Gasteiger partial charge >= 0.3 is 11.9 Å². The Labute approximate surface area is 439 Å².